The second-order valence-corrected chi connectivity index (χ2v) is 7.24. The maximum atomic E-state index is 12.6. The monoisotopic (exact) mass is 358 g/mol. The summed E-state index contributed by atoms with van der Waals surface area (Å²) < 4.78 is 5.43. The van der Waals surface area contributed by atoms with Gasteiger partial charge in [0.25, 0.3) is 0 Å². The summed E-state index contributed by atoms with van der Waals surface area (Å²) >= 11 is 0. The van der Waals surface area contributed by atoms with Gasteiger partial charge in [0.05, 0.1) is 12.0 Å². The number of pyridine rings is 1. The molecule has 1 aromatic carbocycles. The summed E-state index contributed by atoms with van der Waals surface area (Å²) in [5.74, 6) is 0.641. The first-order valence-corrected chi connectivity index (χ1v) is 9.13. The molecule has 0 radical (unpaired) electrons. The molecule has 6 heteroatoms. The summed E-state index contributed by atoms with van der Waals surface area (Å²) in [4.78, 5) is 19.0. The molecule has 0 unspecified atom stereocenters. The maximum absolute atomic E-state index is 12.6. The van der Waals surface area contributed by atoms with E-state index >= 15 is 0 Å². The minimum absolute atomic E-state index is 0.175. The molecule has 0 bridgehead atoms. The van der Waals surface area contributed by atoms with Gasteiger partial charge in [-0.1, -0.05) is 6.07 Å². The Hall–Kier alpha value is -3.33. The number of rotatable bonds is 2. The Morgan fingerprint density at radius 3 is 2.96 bits per heavy atom. The van der Waals surface area contributed by atoms with Crippen LogP contribution < -0.4 is 5.73 Å². The standard InChI is InChI=1S/C21H18N4O2/c22-10-15-19(14-3-4-18-13(9-14)6-8-27-18)16-11-25(21(26)12-1-2-12)7-5-17(16)24-20(15)23/h3-4,6,8-9,12H,1-2,5,7,11H2,(H2,23,24). The normalized spacial score (nSPS) is 16.2. The average Bonchev–Trinajstić information content (AvgIpc) is 3.43. The van der Waals surface area contributed by atoms with Crippen LogP contribution in [0, 0.1) is 17.2 Å². The molecule has 1 aliphatic heterocycles. The number of carbonyl (C=O) groups excluding carboxylic acids is 1. The van der Waals surface area contributed by atoms with E-state index in [2.05, 4.69) is 11.1 Å². The Kier molecular flexibility index (Phi) is 3.44. The lowest BCUT2D eigenvalue weighted by Crippen LogP contribution is -2.37. The third kappa shape index (κ3) is 2.55. The number of nitrogens with two attached hydrogens (primary N) is 1. The Bertz CT molecular complexity index is 1120. The summed E-state index contributed by atoms with van der Waals surface area (Å²) in [6.07, 6.45) is 4.27. The molecule has 1 saturated carbocycles. The molecule has 134 valence electrons. The molecule has 0 saturated heterocycles. The fourth-order valence-corrected chi connectivity index (χ4v) is 3.91. The zero-order valence-electron chi connectivity index (χ0n) is 14.7. The minimum Gasteiger partial charge on any atom is -0.464 e. The van der Waals surface area contributed by atoms with Crippen molar-refractivity contribution in [3.63, 3.8) is 0 Å². The Morgan fingerprint density at radius 1 is 1.33 bits per heavy atom. The predicted molar refractivity (Wildman–Crippen MR) is 100 cm³/mol. The molecule has 1 aliphatic carbocycles. The number of fused-ring (bicyclic) bond motifs is 2. The molecular weight excluding hydrogens is 340 g/mol. The average molecular weight is 358 g/mol. The topological polar surface area (TPSA) is 96.2 Å². The lowest BCUT2D eigenvalue weighted by Gasteiger charge is -2.30. The third-order valence-corrected chi connectivity index (χ3v) is 5.47. The van der Waals surface area contributed by atoms with Gasteiger partial charge >= 0.3 is 0 Å². The summed E-state index contributed by atoms with van der Waals surface area (Å²) in [6, 6.07) is 9.94. The molecule has 2 aliphatic rings. The van der Waals surface area contributed by atoms with Crippen molar-refractivity contribution >= 4 is 22.7 Å². The summed E-state index contributed by atoms with van der Waals surface area (Å²) in [7, 11) is 0. The maximum Gasteiger partial charge on any atom is 0.225 e. The first-order valence-electron chi connectivity index (χ1n) is 9.13. The molecule has 0 atom stereocenters. The molecule has 0 spiro atoms. The highest BCUT2D eigenvalue weighted by Crippen LogP contribution is 2.38. The highest BCUT2D eigenvalue weighted by atomic mass is 16.3. The van der Waals surface area contributed by atoms with Crippen LogP contribution >= 0.6 is 0 Å². The zero-order chi connectivity index (χ0) is 18.5. The van der Waals surface area contributed by atoms with Gasteiger partial charge in [0.15, 0.2) is 0 Å². The lowest BCUT2D eigenvalue weighted by atomic mass is 9.90. The number of hydrogen-bond acceptors (Lipinski definition) is 5. The number of anilines is 1. The van der Waals surface area contributed by atoms with Crippen LogP contribution in [0.5, 0.6) is 0 Å². The van der Waals surface area contributed by atoms with Crippen molar-refractivity contribution in [2.24, 2.45) is 5.92 Å². The lowest BCUT2D eigenvalue weighted by molar-refractivity contribution is -0.133. The number of hydrogen-bond donors (Lipinski definition) is 1. The van der Waals surface area contributed by atoms with Gasteiger partial charge in [-0.05, 0) is 36.6 Å². The van der Waals surface area contributed by atoms with Gasteiger partial charge in [-0.2, -0.15) is 5.26 Å². The summed E-state index contributed by atoms with van der Waals surface area (Å²) in [5, 5.41) is 10.7. The van der Waals surface area contributed by atoms with E-state index in [-0.39, 0.29) is 17.6 Å². The van der Waals surface area contributed by atoms with E-state index in [1.54, 1.807) is 6.26 Å². The van der Waals surface area contributed by atoms with Gasteiger partial charge in [0.2, 0.25) is 5.91 Å². The van der Waals surface area contributed by atoms with Crippen molar-refractivity contribution < 1.29 is 9.21 Å². The van der Waals surface area contributed by atoms with E-state index in [0.717, 1.165) is 46.2 Å². The van der Waals surface area contributed by atoms with E-state index < -0.39 is 0 Å². The van der Waals surface area contributed by atoms with Crippen LogP contribution in [0.25, 0.3) is 22.1 Å². The van der Waals surface area contributed by atoms with Crippen molar-refractivity contribution in [2.75, 3.05) is 12.3 Å². The van der Waals surface area contributed by atoms with E-state index in [0.29, 0.717) is 25.1 Å². The molecule has 3 aromatic rings. The minimum atomic E-state index is 0.175. The fourth-order valence-electron chi connectivity index (χ4n) is 3.91. The van der Waals surface area contributed by atoms with Crippen molar-refractivity contribution in [3.05, 3.63) is 47.3 Å². The van der Waals surface area contributed by atoms with Gasteiger partial charge in [-0.3, -0.25) is 4.79 Å². The highest BCUT2D eigenvalue weighted by Gasteiger charge is 2.36. The Labute approximate surface area is 156 Å². The van der Waals surface area contributed by atoms with Crippen LogP contribution in [-0.4, -0.2) is 22.3 Å². The van der Waals surface area contributed by atoms with Crippen LogP contribution in [0.3, 0.4) is 0 Å². The molecule has 27 heavy (non-hydrogen) atoms. The second-order valence-electron chi connectivity index (χ2n) is 7.24. The number of carbonyl (C=O) groups is 1. The number of aromatic nitrogens is 1. The largest absolute Gasteiger partial charge is 0.464 e. The molecule has 1 amide bonds. The highest BCUT2D eigenvalue weighted by molar-refractivity contribution is 5.88. The quantitative estimate of drug-likeness (QED) is 0.758. The van der Waals surface area contributed by atoms with Gasteiger partial charge in [0, 0.05) is 41.9 Å². The van der Waals surface area contributed by atoms with Gasteiger partial charge < -0.3 is 15.1 Å². The van der Waals surface area contributed by atoms with Crippen molar-refractivity contribution in [1.29, 1.82) is 5.26 Å². The Balaban J connectivity index is 1.68. The second kappa shape index (κ2) is 5.85. The smallest absolute Gasteiger partial charge is 0.225 e. The number of nitrogen functional groups attached to an aromatic ring is 1. The number of amides is 1. The Morgan fingerprint density at radius 2 is 2.19 bits per heavy atom. The molecule has 2 N–H and O–H groups in total. The van der Waals surface area contributed by atoms with E-state index in [4.69, 9.17) is 10.2 Å². The molecule has 3 heterocycles. The van der Waals surface area contributed by atoms with Crippen LogP contribution in [0.2, 0.25) is 0 Å². The fraction of sp³-hybridized carbons (Fsp3) is 0.286. The molecular formula is C21H18N4O2. The van der Waals surface area contributed by atoms with Crippen LogP contribution in [0.4, 0.5) is 5.82 Å². The first kappa shape index (κ1) is 15.9. The number of benzene rings is 1. The summed E-state index contributed by atoms with van der Waals surface area (Å²) in [5.41, 5.74) is 10.8. The van der Waals surface area contributed by atoms with Gasteiger partial charge in [0.1, 0.15) is 23.0 Å². The van der Waals surface area contributed by atoms with Crippen molar-refractivity contribution in [1.82, 2.24) is 9.88 Å². The van der Waals surface area contributed by atoms with Crippen molar-refractivity contribution in [2.45, 2.75) is 25.8 Å². The third-order valence-electron chi connectivity index (χ3n) is 5.47. The number of nitriles is 1. The van der Waals surface area contributed by atoms with E-state index in [9.17, 15) is 10.1 Å². The van der Waals surface area contributed by atoms with E-state index in [1.165, 1.54) is 0 Å². The van der Waals surface area contributed by atoms with Gasteiger partial charge in [-0.15, -0.1) is 0 Å². The number of nitrogens with zero attached hydrogens (tertiary/aromatic N) is 3. The number of furan rings is 1. The summed E-state index contributed by atoms with van der Waals surface area (Å²) in [6.45, 7) is 1.13. The van der Waals surface area contributed by atoms with Crippen LogP contribution in [0.15, 0.2) is 34.9 Å². The van der Waals surface area contributed by atoms with E-state index in [1.807, 2.05) is 29.2 Å². The predicted octanol–water partition coefficient (Wildman–Crippen LogP) is 3.24. The zero-order valence-corrected chi connectivity index (χ0v) is 14.7. The van der Waals surface area contributed by atoms with Crippen molar-refractivity contribution in [3.8, 4) is 17.2 Å². The molecule has 2 aromatic heterocycles. The first-order chi connectivity index (χ1) is 13.2. The molecule has 6 nitrogen and oxygen atoms in total. The molecule has 1 fully saturated rings. The van der Waals surface area contributed by atoms with Crippen LogP contribution in [0.1, 0.15) is 29.7 Å². The van der Waals surface area contributed by atoms with Crippen LogP contribution in [-0.2, 0) is 17.8 Å². The van der Waals surface area contributed by atoms with Gasteiger partial charge in [-0.25, -0.2) is 4.98 Å². The molecule has 5 rings (SSSR count). The SMILES string of the molecule is N#Cc1c(N)nc2c(c1-c1ccc3occc3c1)CN(C(=O)C1CC1)CC2.